The van der Waals surface area contributed by atoms with Crippen molar-refractivity contribution >= 4 is 18.0 Å². The summed E-state index contributed by atoms with van der Waals surface area (Å²) in [6, 6.07) is -0.278. The lowest BCUT2D eigenvalue weighted by Gasteiger charge is -2.32. The van der Waals surface area contributed by atoms with Crippen molar-refractivity contribution in [2.24, 2.45) is 11.3 Å². The first-order valence-corrected chi connectivity index (χ1v) is 7.18. The first kappa shape index (κ1) is 17.3. The Morgan fingerprint density at radius 1 is 1.33 bits per heavy atom. The zero-order valence-electron chi connectivity index (χ0n) is 12.8. The Hall–Kier alpha value is -1.79. The maximum atomic E-state index is 12.0. The van der Waals surface area contributed by atoms with E-state index in [2.05, 4.69) is 5.32 Å². The zero-order valence-corrected chi connectivity index (χ0v) is 12.8. The molecular weight excluding hydrogens is 276 g/mol. The first-order chi connectivity index (χ1) is 9.84. The van der Waals surface area contributed by atoms with Crippen LogP contribution in [0.2, 0.25) is 0 Å². The number of esters is 1. The number of urea groups is 1. The van der Waals surface area contributed by atoms with Gasteiger partial charge < -0.3 is 20.1 Å². The van der Waals surface area contributed by atoms with E-state index in [4.69, 9.17) is 9.84 Å². The average Bonchev–Trinajstić information content (AvgIpc) is 2.51. The number of carbonyl (C=O) groups is 3. The number of ether oxygens (including phenoxy) is 1. The van der Waals surface area contributed by atoms with E-state index in [0.717, 1.165) is 0 Å². The molecule has 1 rings (SSSR count). The van der Waals surface area contributed by atoms with Crippen molar-refractivity contribution in [3.8, 4) is 0 Å². The highest BCUT2D eigenvalue weighted by atomic mass is 16.5. The van der Waals surface area contributed by atoms with Crippen molar-refractivity contribution in [2.45, 2.75) is 33.1 Å². The number of likely N-dealkylation sites (tertiary alicyclic amines) is 1. The Kier molecular flexibility index (Phi) is 5.99. The second-order valence-corrected chi connectivity index (χ2v) is 5.66. The van der Waals surface area contributed by atoms with Crippen LogP contribution in [-0.2, 0) is 14.3 Å². The van der Waals surface area contributed by atoms with Crippen LogP contribution in [0.5, 0.6) is 0 Å². The second-order valence-electron chi connectivity index (χ2n) is 5.66. The highest BCUT2D eigenvalue weighted by Crippen LogP contribution is 2.21. The van der Waals surface area contributed by atoms with Gasteiger partial charge in [0.15, 0.2) is 0 Å². The molecule has 1 saturated heterocycles. The molecule has 7 heteroatoms. The molecule has 0 saturated carbocycles. The fourth-order valence-corrected chi connectivity index (χ4v) is 2.22. The minimum Gasteiger partial charge on any atom is -0.481 e. The molecule has 0 aromatic heterocycles. The summed E-state index contributed by atoms with van der Waals surface area (Å²) in [6.07, 6.45) is 1.58. The molecule has 0 spiro atoms. The first-order valence-electron chi connectivity index (χ1n) is 7.18. The third kappa shape index (κ3) is 4.34. The normalized spacial score (nSPS) is 18.7. The van der Waals surface area contributed by atoms with Crippen LogP contribution < -0.4 is 5.32 Å². The van der Waals surface area contributed by atoms with Gasteiger partial charge >= 0.3 is 18.0 Å². The molecule has 0 aliphatic carbocycles. The molecule has 1 unspecified atom stereocenters. The fraction of sp³-hybridized carbons (Fsp3) is 0.786. The summed E-state index contributed by atoms with van der Waals surface area (Å²) in [7, 11) is 1.36. The topological polar surface area (TPSA) is 95.9 Å². The van der Waals surface area contributed by atoms with Crippen LogP contribution in [0.25, 0.3) is 0 Å². The molecule has 0 aromatic rings. The monoisotopic (exact) mass is 300 g/mol. The van der Waals surface area contributed by atoms with Gasteiger partial charge in [-0.25, -0.2) is 4.79 Å². The van der Waals surface area contributed by atoms with Crippen molar-refractivity contribution < 1.29 is 24.2 Å². The molecule has 21 heavy (non-hydrogen) atoms. The maximum absolute atomic E-state index is 12.0. The van der Waals surface area contributed by atoms with Crippen LogP contribution in [0.1, 0.15) is 33.1 Å². The Labute approximate surface area is 124 Å². The molecule has 0 radical (unpaired) electrons. The molecule has 1 heterocycles. The largest absolute Gasteiger partial charge is 0.481 e. The van der Waals surface area contributed by atoms with Crippen LogP contribution in [0.4, 0.5) is 4.79 Å². The van der Waals surface area contributed by atoms with Gasteiger partial charge in [-0.05, 0) is 26.2 Å². The molecule has 1 aliphatic heterocycles. The van der Waals surface area contributed by atoms with Gasteiger partial charge in [-0.15, -0.1) is 0 Å². The predicted molar refractivity (Wildman–Crippen MR) is 75.7 cm³/mol. The van der Waals surface area contributed by atoms with Crippen LogP contribution in [0.3, 0.4) is 0 Å². The van der Waals surface area contributed by atoms with Gasteiger partial charge in [0.1, 0.15) is 0 Å². The lowest BCUT2D eigenvalue weighted by atomic mass is 9.88. The number of methoxy groups -OCH3 is 1. The third-order valence-electron chi connectivity index (χ3n) is 4.24. The SMILES string of the molecule is CCC(C)(CNC(=O)N1CCC(C(=O)OC)CC1)C(=O)O. The number of amides is 2. The van der Waals surface area contributed by atoms with Gasteiger partial charge in [-0.2, -0.15) is 0 Å². The fourth-order valence-electron chi connectivity index (χ4n) is 2.22. The molecule has 120 valence electrons. The Morgan fingerprint density at radius 3 is 2.33 bits per heavy atom. The minimum atomic E-state index is -0.958. The standard InChI is InChI=1S/C14H24N2O5/c1-4-14(2,12(18)19)9-15-13(20)16-7-5-10(6-8-16)11(17)21-3/h10H,4-9H2,1-3H3,(H,15,20)(H,18,19). The van der Waals surface area contributed by atoms with Gasteiger partial charge in [0, 0.05) is 19.6 Å². The second kappa shape index (κ2) is 7.28. The number of carboxylic acid groups (broad SMARTS) is 1. The molecule has 0 aromatic carbocycles. The van der Waals surface area contributed by atoms with Gasteiger partial charge in [0.05, 0.1) is 18.4 Å². The van der Waals surface area contributed by atoms with E-state index >= 15 is 0 Å². The smallest absolute Gasteiger partial charge is 0.317 e. The molecule has 0 bridgehead atoms. The zero-order chi connectivity index (χ0) is 16.0. The lowest BCUT2D eigenvalue weighted by molar-refractivity contribution is -0.148. The number of hydrogen-bond donors (Lipinski definition) is 2. The summed E-state index contributed by atoms with van der Waals surface area (Å²) in [5, 5.41) is 11.8. The summed E-state index contributed by atoms with van der Waals surface area (Å²) in [5.41, 5.74) is -0.958. The molecule has 2 amide bonds. The van der Waals surface area contributed by atoms with Crippen molar-refractivity contribution in [2.75, 3.05) is 26.7 Å². The number of nitrogens with zero attached hydrogens (tertiary/aromatic N) is 1. The Bertz CT molecular complexity index is 404. The van der Waals surface area contributed by atoms with Crippen molar-refractivity contribution in [3.63, 3.8) is 0 Å². The van der Waals surface area contributed by atoms with E-state index in [1.54, 1.807) is 18.7 Å². The van der Waals surface area contributed by atoms with Crippen LogP contribution >= 0.6 is 0 Å². The van der Waals surface area contributed by atoms with E-state index in [9.17, 15) is 14.4 Å². The summed E-state index contributed by atoms with van der Waals surface area (Å²) < 4.78 is 4.70. The van der Waals surface area contributed by atoms with Gasteiger partial charge in [-0.1, -0.05) is 6.92 Å². The average molecular weight is 300 g/mol. The highest BCUT2D eigenvalue weighted by molar-refractivity contribution is 5.78. The number of carbonyl (C=O) groups excluding carboxylic acids is 2. The Morgan fingerprint density at radius 2 is 1.90 bits per heavy atom. The molecule has 1 atom stereocenters. The van der Waals surface area contributed by atoms with Crippen LogP contribution in [-0.4, -0.2) is 54.7 Å². The number of carboxylic acids is 1. The number of aliphatic carboxylic acids is 1. The summed E-state index contributed by atoms with van der Waals surface area (Å²) in [6.45, 7) is 4.43. The van der Waals surface area contributed by atoms with Crippen molar-refractivity contribution in [1.82, 2.24) is 10.2 Å². The van der Waals surface area contributed by atoms with E-state index in [1.807, 2.05) is 0 Å². The van der Waals surface area contributed by atoms with E-state index in [1.165, 1.54) is 7.11 Å². The maximum Gasteiger partial charge on any atom is 0.317 e. The number of rotatable bonds is 5. The van der Waals surface area contributed by atoms with E-state index < -0.39 is 11.4 Å². The van der Waals surface area contributed by atoms with Crippen molar-refractivity contribution in [3.05, 3.63) is 0 Å². The van der Waals surface area contributed by atoms with Gasteiger partial charge in [-0.3, -0.25) is 9.59 Å². The lowest BCUT2D eigenvalue weighted by Crippen LogP contribution is -2.49. The quantitative estimate of drug-likeness (QED) is 0.741. The molecule has 1 fully saturated rings. The summed E-state index contributed by atoms with van der Waals surface area (Å²) in [5.74, 6) is -1.31. The van der Waals surface area contributed by atoms with E-state index in [-0.39, 0.29) is 24.5 Å². The van der Waals surface area contributed by atoms with Crippen molar-refractivity contribution in [1.29, 1.82) is 0 Å². The highest BCUT2D eigenvalue weighted by Gasteiger charge is 2.33. The van der Waals surface area contributed by atoms with E-state index in [0.29, 0.717) is 32.4 Å². The molecule has 2 N–H and O–H groups in total. The molecular formula is C14H24N2O5. The molecule has 7 nitrogen and oxygen atoms in total. The van der Waals surface area contributed by atoms with Gasteiger partial charge in [0.2, 0.25) is 0 Å². The van der Waals surface area contributed by atoms with Crippen LogP contribution in [0.15, 0.2) is 0 Å². The summed E-state index contributed by atoms with van der Waals surface area (Å²) in [4.78, 5) is 36.2. The third-order valence-corrected chi connectivity index (χ3v) is 4.24. The summed E-state index contributed by atoms with van der Waals surface area (Å²) >= 11 is 0. The minimum absolute atomic E-state index is 0.0919. The molecule has 1 aliphatic rings. The predicted octanol–water partition coefficient (Wildman–Crippen LogP) is 1.08. The number of nitrogens with one attached hydrogen (secondary N) is 1. The van der Waals surface area contributed by atoms with Crippen LogP contribution in [0, 0.1) is 11.3 Å². The number of hydrogen-bond acceptors (Lipinski definition) is 4. The van der Waals surface area contributed by atoms with Gasteiger partial charge in [0.25, 0.3) is 0 Å². The Balaban J connectivity index is 2.44. The number of piperidine rings is 1.